The number of halogens is 1. The second-order valence-electron chi connectivity index (χ2n) is 3.42. The molecule has 0 bridgehead atoms. The molecular weight excluding hydrogens is 263 g/mol. The molecule has 1 rings (SSSR count). The smallest absolute Gasteiger partial charge is 0.0753 e. The Hall–Kier alpha value is 0.170. The van der Waals surface area contributed by atoms with Crippen molar-refractivity contribution in [2.45, 2.75) is 25.9 Å². The zero-order chi connectivity index (χ0) is 9.14. The highest BCUT2D eigenvalue weighted by molar-refractivity contribution is 14.1. The molecule has 68 valence electrons. The maximum absolute atomic E-state index is 9.58. The van der Waals surface area contributed by atoms with Gasteiger partial charge < -0.3 is 5.11 Å². The quantitative estimate of drug-likeness (QED) is 0.468. The van der Waals surface area contributed by atoms with Gasteiger partial charge in [0.05, 0.1) is 6.10 Å². The molecule has 0 amide bonds. The first-order chi connectivity index (χ1) is 5.65. The standard InChI is InChI=1S/C10H15IO/c1-7-3-4-9(5-10(7)12)8(2)6-11/h3,9-10,12H,2,4-6H2,1H3/t9-,10-/m1/s1. The van der Waals surface area contributed by atoms with Crippen LogP contribution in [-0.2, 0) is 0 Å². The molecule has 0 aromatic rings. The Labute approximate surface area is 87.7 Å². The van der Waals surface area contributed by atoms with E-state index in [-0.39, 0.29) is 6.10 Å². The summed E-state index contributed by atoms with van der Waals surface area (Å²) >= 11 is 2.33. The normalized spacial score (nSPS) is 29.8. The summed E-state index contributed by atoms with van der Waals surface area (Å²) in [6.45, 7) is 6.00. The molecule has 12 heavy (non-hydrogen) atoms. The number of hydrogen-bond acceptors (Lipinski definition) is 1. The molecule has 2 atom stereocenters. The first-order valence-corrected chi connectivity index (χ1v) is 5.76. The van der Waals surface area contributed by atoms with Crippen LogP contribution in [0.3, 0.4) is 0 Å². The van der Waals surface area contributed by atoms with Crippen LogP contribution < -0.4 is 0 Å². The van der Waals surface area contributed by atoms with E-state index in [9.17, 15) is 5.11 Å². The molecule has 0 spiro atoms. The minimum absolute atomic E-state index is 0.233. The predicted molar refractivity (Wildman–Crippen MR) is 60.5 cm³/mol. The Morgan fingerprint density at radius 1 is 1.83 bits per heavy atom. The predicted octanol–water partition coefficient (Wildman–Crippen LogP) is 2.69. The first-order valence-electron chi connectivity index (χ1n) is 4.23. The van der Waals surface area contributed by atoms with Gasteiger partial charge in [-0.25, -0.2) is 0 Å². The first kappa shape index (κ1) is 10.3. The van der Waals surface area contributed by atoms with Crippen molar-refractivity contribution in [1.29, 1.82) is 0 Å². The number of allylic oxidation sites excluding steroid dienone is 2. The van der Waals surface area contributed by atoms with E-state index in [0.29, 0.717) is 5.92 Å². The molecule has 0 radical (unpaired) electrons. The van der Waals surface area contributed by atoms with Gasteiger partial charge >= 0.3 is 0 Å². The molecule has 0 aromatic carbocycles. The van der Waals surface area contributed by atoms with Gasteiger partial charge in [0.15, 0.2) is 0 Å². The highest BCUT2D eigenvalue weighted by atomic mass is 127. The van der Waals surface area contributed by atoms with E-state index in [1.54, 1.807) is 0 Å². The fraction of sp³-hybridized carbons (Fsp3) is 0.600. The van der Waals surface area contributed by atoms with Crippen molar-refractivity contribution in [3.8, 4) is 0 Å². The molecular formula is C10H15IO. The molecule has 0 saturated heterocycles. The largest absolute Gasteiger partial charge is 0.389 e. The van der Waals surface area contributed by atoms with E-state index in [4.69, 9.17) is 0 Å². The Morgan fingerprint density at radius 2 is 2.50 bits per heavy atom. The van der Waals surface area contributed by atoms with Gasteiger partial charge in [-0.3, -0.25) is 0 Å². The SMILES string of the molecule is C=C(CI)[C@@H]1CC=C(C)[C@H](O)C1. The number of aliphatic hydroxyl groups excluding tert-OH is 1. The molecule has 0 aromatic heterocycles. The van der Waals surface area contributed by atoms with E-state index in [0.717, 1.165) is 22.8 Å². The summed E-state index contributed by atoms with van der Waals surface area (Å²) in [6, 6.07) is 0. The van der Waals surface area contributed by atoms with Crippen LogP contribution in [0, 0.1) is 5.92 Å². The Balaban J connectivity index is 2.59. The van der Waals surface area contributed by atoms with Crippen molar-refractivity contribution < 1.29 is 5.11 Å². The van der Waals surface area contributed by atoms with Crippen molar-refractivity contribution in [2.24, 2.45) is 5.92 Å². The highest BCUT2D eigenvalue weighted by Crippen LogP contribution is 2.29. The van der Waals surface area contributed by atoms with Crippen LogP contribution in [-0.4, -0.2) is 15.6 Å². The summed E-state index contributed by atoms with van der Waals surface area (Å²) < 4.78 is 1.00. The molecule has 1 aliphatic rings. The fourth-order valence-electron chi connectivity index (χ4n) is 1.46. The molecule has 1 nitrogen and oxygen atoms in total. The Kier molecular flexibility index (Phi) is 3.77. The van der Waals surface area contributed by atoms with Gasteiger partial charge in [0.1, 0.15) is 0 Å². The summed E-state index contributed by atoms with van der Waals surface area (Å²) in [7, 11) is 0. The summed E-state index contributed by atoms with van der Waals surface area (Å²) in [4.78, 5) is 0. The lowest BCUT2D eigenvalue weighted by Crippen LogP contribution is -2.20. The van der Waals surface area contributed by atoms with Crippen molar-refractivity contribution in [3.63, 3.8) is 0 Å². The molecule has 0 unspecified atom stereocenters. The van der Waals surface area contributed by atoms with Gasteiger partial charge in [0, 0.05) is 4.43 Å². The maximum atomic E-state index is 9.58. The zero-order valence-corrected chi connectivity index (χ0v) is 9.54. The molecule has 2 heteroatoms. The van der Waals surface area contributed by atoms with Crippen LogP contribution in [0.5, 0.6) is 0 Å². The second kappa shape index (κ2) is 4.42. The van der Waals surface area contributed by atoms with Gasteiger partial charge in [-0.05, 0) is 31.3 Å². The lowest BCUT2D eigenvalue weighted by Gasteiger charge is -2.25. The minimum atomic E-state index is -0.233. The molecule has 1 N–H and O–H groups in total. The van der Waals surface area contributed by atoms with Gasteiger partial charge in [-0.2, -0.15) is 0 Å². The third-order valence-electron chi connectivity index (χ3n) is 2.51. The van der Waals surface area contributed by atoms with E-state index in [1.807, 2.05) is 6.92 Å². The van der Waals surface area contributed by atoms with Crippen LogP contribution in [0.2, 0.25) is 0 Å². The van der Waals surface area contributed by atoms with Crippen LogP contribution in [0.1, 0.15) is 19.8 Å². The number of rotatable bonds is 2. The molecule has 1 aliphatic carbocycles. The van der Waals surface area contributed by atoms with E-state index in [2.05, 4.69) is 35.2 Å². The van der Waals surface area contributed by atoms with Crippen LogP contribution >= 0.6 is 22.6 Å². The topological polar surface area (TPSA) is 20.2 Å². The fourth-order valence-corrected chi connectivity index (χ4v) is 2.08. The lowest BCUT2D eigenvalue weighted by molar-refractivity contribution is 0.175. The molecule has 0 heterocycles. The van der Waals surface area contributed by atoms with Crippen molar-refractivity contribution >= 4 is 22.6 Å². The number of hydrogen-bond donors (Lipinski definition) is 1. The van der Waals surface area contributed by atoms with Crippen molar-refractivity contribution in [2.75, 3.05) is 4.43 Å². The maximum Gasteiger partial charge on any atom is 0.0753 e. The summed E-state index contributed by atoms with van der Waals surface area (Å²) in [6.07, 6.45) is 3.83. The van der Waals surface area contributed by atoms with E-state index in [1.165, 1.54) is 5.57 Å². The summed E-state index contributed by atoms with van der Waals surface area (Å²) in [5.74, 6) is 0.501. The van der Waals surface area contributed by atoms with Gasteiger partial charge in [0.2, 0.25) is 0 Å². The average Bonchev–Trinajstić information content (AvgIpc) is 2.08. The monoisotopic (exact) mass is 278 g/mol. The zero-order valence-electron chi connectivity index (χ0n) is 7.39. The number of aliphatic hydroxyl groups is 1. The van der Waals surface area contributed by atoms with E-state index >= 15 is 0 Å². The van der Waals surface area contributed by atoms with Crippen molar-refractivity contribution in [1.82, 2.24) is 0 Å². The van der Waals surface area contributed by atoms with Crippen LogP contribution in [0.15, 0.2) is 23.8 Å². The number of alkyl halides is 1. The van der Waals surface area contributed by atoms with E-state index < -0.39 is 0 Å². The highest BCUT2D eigenvalue weighted by Gasteiger charge is 2.21. The summed E-state index contributed by atoms with van der Waals surface area (Å²) in [5.41, 5.74) is 2.38. The average molecular weight is 278 g/mol. The van der Waals surface area contributed by atoms with Crippen molar-refractivity contribution in [3.05, 3.63) is 23.8 Å². The van der Waals surface area contributed by atoms with Crippen LogP contribution in [0.25, 0.3) is 0 Å². The van der Waals surface area contributed by atoms with Gasteiger partial charge in [0.25, 0.3) is 0 Å². The third kappa shape index (κ3) is 2.33. The summed E-state index contributed by atoms with van der Waals surface area (Å²) in [5, 5.41) is 9.58. The minimum Gasteiger partial charge on any atom is -0.389 e. The Morgan fingerprint density at radius 3 is 3.00 bits per heavy atom. The van der Waals surface area contributed by atoms with Gasteiger partial charge in [-0.1, -0.05) is 40.8 Å². The molecule has 0 saturated carbocycles. The lowest BCUT2D eigenvalue weighted by atomic mass is 9.84. The van der Waals surface area contributed by atoms with Gasteiger partial charge in [-0.15, -0.1) is 0 Å². The second-order valence-corrected chi connectivity index (χ2v) is 4.19. The Bertz CT molecular complexity index is 208. The molecule has 0 aliphatic heterocycles. The molecule has 0 fully saturated rings. The third-order valence-corrected chi connectivity index (χ3v) is 3.49. The van der Waals surface area contributed by atoms with Crippen LogP contribution in [0.4, 0.5) is 0 Å².